The van der Waals surface area contributed by atoms with Crippen LogP contribution in [0, 0.1) is 6.92 Å². The lowest BCUT2D eigenvalue weighted by atomic mass is 9.93. The largest absolute Gasteiger partial charge is 0.497 e. The molecular formula is C23H22N4O4. The van der Waals surface area contributed by atoms with Gasteiger partial charge in [0.25, 0.3) is 11.8 Å². The highest BCUT2D eigenvalue weighted by Crippen LogP contribution is 2.30. The number of pyridine rings is 1. The second-order valence-corrected chi connectivity index (χ2v) is 7.13. The number of nitrogens with zero attached hydrogens (tertiary/aromatic N) is 2. The molecule has 0 atom stereocenters. The van der Waals surface area contributed by atoms with E-state index in [2.05, 4.69) is 20.8 Å². The molecule has 3 aromatic rings. The lowest BCUT2D eigenvalue weighted by Crippen LogP contribution is -2.22. The van der Waals surface area contributed by atoms with E-state index in [1.807, 2.05) is 6.92 Å². The fraction of sp³-hybridized carbons (Fsp3) is 0.217. The molecule has 1 aromatic carbocycles. The van der Waals surface area contributed by atoms with Gasteiger partial charge >= 0.3 is 0 Å². The number of carbonyl (C=O) groups excluding carboxylic acids is 2. The van der Waals surface area contributed by atoms with Crippen LogP contribution in [0.3, 0.4) is 0 Å². The van der Waals surface area contributed by atoms with E-state index < -0.39 is 0 Å². The van der Waals surface area contributed by atoms with Gasteiger partial charge < -0.3 is 14.5 Å². The van der Waals surface area contributed by atoms with Gasteiger partial charge in [0.15, 0.2) is 5.76 Å². The second-order valence-electron chi connectivity index (χ2n) is 7.13. The zero-order chi connectivity index (χ0) is 21.8. The van der Waals surface area contributed by atoms with E-state index in [0.29, 0.717) is 46.9 Å². The minimum Gasteiger partial charge on any atom is -0.497 e. The van der Waals surface area contributed by atoms with Gasteiger partial charge in [-0.15, -0.1) is 0 Å². The highest BCUT2D eigenvalue weighted by Gasteiger charge is 2.28. The smallest absolute Gasteiger partial charge is 0.291 e. The lowest BCUT2D eigenvalue weighted by Gasteiger charge is -2.13. The number of hydrogen-bond donors (Lipinski definition) is 2. The first-order chi connectivity index (χ1) is 15.1. The van der Waals surface area contributed by atoms with Crippen LogP contribution in [-0.4, -0.2) is 29.6 Å². The molecule has 158 valence electrons. The van der Waals surface area contributed by atoms with E-state index in [4.69, 9.17) is 9.15 Å². The number of ether oxygens (including phenoxy) is 1. The predicted octanol–water partition coefficient (Wildman–Crippen LogP) is 3.71. The van der Waals surface area contributed by atoms with E-state index >= 15 is 0 Å². The Labute approximate surface area is 179 Å². The van der Waals surface area contributed by atoms with Gasteiger partial charge in [0.1, 0.15) is 11.5 Å². The van der Waals surface area contributed by atoms with Gasteiger partial charge in [-0.05, 0) is 56.2 Å². The van der Waals surface area contributed by atoms with E-state index in [1.165, 1.54) is 0 Å². The molecule has 0 fully saturated rings. The maximum atomic E-state index is 12.7. The van der Waals surface area contributed by atoms with Crippen molar-refractivity contribution in [3.8, 4) is 5.75 Å². The zero-order valence-corrected chi connectivity index (χ0v) is 17.3. The number of aryl methyl sites for hydroxylation is 1. The number of rotatable bonds is 5. The number of nitrogens with one attached hydrogen (secondary N) is 2. The number of anilines is 1. The summed E-state index contributed by atoms with van der Waals surface area (Å²) in [5.74, 6) is 0.952. The van der Waals surface area contributed by atoms with Crippen molar-refractivity contribution >= 4 is 23.2 Å². The van der Waals surface area contributed by atoms with Gasteiger partial charge in [0.05, 0.1) is 24.7 Å². The molecule has 2 heterocycles. The third-order valence-corrected chi connectivity index (χ3v) is 5.10. The van der Waals surface area contributed by atoms with Gasteiger partial charge in [0, 0.05) is 29.3 Å². The van der Waals surface area contributed by atoms with Crippen molar-refractivity contribution in [1.82, 2.24) is 10.4 Å². The molecule has 4 rings (SSSR count). The van der Waals surface area contributed by atoms with E-state index in [1.54, 1.807) is 55.9 Å². The first-order valence-electron chi connectivity index (χ1n) is 9.91. The molecule has 0 radical (unpaired) electrons. The summed E-state index contributed by atoms with van der Waals surface area (Å²) >= 11 is 0. The number of methoxy groups -OCH3 is 1. The summed E-state index contributed by atoms with van der Waals surface area (Å²) in [5.41, 5.74) is 5.86. The molecule has 2 aromatic heterocycles. The van der Waals surface area contributed by atoms with Crippen molar-refractivity contribution in [3.63, 3.8) is 0 Å². The number of furan rings is 1. The Morgan fingerprint density at radius 1 is 1.13 bits per heavy atom. The third kappa shape index (κ3) is 4.32. The molecular weight excluding hydrogens is 396 g/mol. The van der Waals surface area contributed by atoms with Crippen LogP contribution in [0.25, 0.3) is 0 Å². The molecule has 1 aliphatic carbocycles. The summed E-state index contributed by atoms with van der Waals surface area (Å²) in [6.07, 6.45) is 5.41. The molecule has 0 spiro atoms. The van der Waals surface area contributed by atoms with Crippen LogP contribution >= 0.6 is 0 Å². The summed E-state index contributed by atoms with van der Waals surface area (Å²) in [4.78, 5) is 29.2. The molecule has 2 N–H and O–H groups in total. The average Bonchev–Trinajstić information content (AvgIpc) is 3.15. The summed E-state index contributed by atoms with van der Waals surface area (Å²) in [5, 5.41) is 7.13. The van der Waals surface area contributed by atoms with Gasteiger partial charge in [-0.3, -0.25) is 14.6 Å². The normalized spacial score (nSPS) is 14.1. The van der Waals surface area contributed by atoms with Crippen LogP contribution in [0.2, 0.25) is 0 Å². The number of hydrazone groups is 1. The molecule has 0 saturated carbocycles. The SMILES string of the molecule is COc1ccc(C(=O)N/N=C2\CCCc3oc(C(=O)Nc4cccnc4)c(C)c32)cc1. The van der Waals surface area contributed by atoms with Gasteiger partial charge in [-0.1, -0.05) is 0 Å². The number of fused-ring (bicyclic) bond motifs is 1. The van der Waals surface area contributed by atoms with Gasteiger partial charge in [0.2, 0.25) is 0 Å². The van der Waals surface area contributed by atoms with Crippen molar-refractivity contribution in [2.24, 2.45) is 5.10 Å². The Morgan fingerprint density at radius 3 is 2.65 bits per heavy atom. The maximum absolute atomic E-state index is 12.7. The number of hydrogen-bond acceptors (Lipinski definition) is 6. The Morgan fingerprint density at radius 2 is 1.94 bits per heavy atom. The van der Waals surface area contributed by atoms with Crippen LogP contribution < -0.4 is 15.5 Å². The number of benzene rings is 1. The van der Waals surface area contributed by atoms with Crippen LogP contribution in [-0.2, 0) is 6.42 Å². The average molecular weight is 418 g/mol. The fourth-order valence-corrected chi connectivity index (χ4v) is 3.55. The molecule has 31 heavy (non-hydrogen) atoms. The monoisotopic (exact) mass is 418 g/mol. The van der Waals surface area contributed by atoms with Crippen LogP contribution in [0.15, 0.2) is 58.3 Å². The predicted molar refractivity (Wildman–Crippen MR) is 116 cm³/mol. The fourth-order valence-electron chi connectivity index (χ4n) is 3.55. The van der Waals surface area contributed by atoms with Crippen LogP contribution in [0.4, 0.5) is 5.69 Å². The van der Waals surface area contributed by atoms with E-state index in [-0.39, 0.29) is 17.6 Å². The molecule has 8 heteroatoms. The molecule has 0 aliphatic heterocycles. The van der Waals surface area contributed by atoms with Gasteiger partial charge in [-0.25, -0.2) is 5.43 Å². The van der Waals surface area contributed by atoms with Crippen LogP contribution in [0.5, 0.6) is 5.75 Å². The highest BCUT2D eigenvalue weighted by molar-refractivity contribution is 6.09. The first kappa shape index (κ1) is 20.3. The maximum Gasteiger partial charge on any atom is 0.291 e. The highest BCUT2D eigenvalue weighted by atomic mass is 16.5. The quantitative estimate of drug-likeness (QED) is 0.615. The summed E-state index contributed by atoms with van der Waals surface area (Å²) in [6.45, 7) is 1.83. The van der Waals surface area contributed by atoms with Crippen molar-refractivity contribution in [2.75, 3.05) is 12.4 Å². The topological polar surface area (TPSA) is 106 Å². The second kappa shape index (κ2) is 8.83. The number of aromatic nitrogens is 1. The van der Waals surface area contributed by atoms with Crippen molar-refractivity contribution in [3.05, 3.63) is 77.0 Å². The van der Waals surface area contributed by atoms with Crippen molar-refractivity contribution in [2.45, 2.75) is 26.2 Å². The van der Waals surface area contributed by atoms with Crippen molar-refractivity contribution in [1.29, 1.82) is 0 Å². The molecule has 8 nitrogen and oxygen atoms in total. The number of amides is 2. The zero-order valence-electron chi connectivity index (χ0n) is 17.3. The molecule has 0 bridgehead atoms. The lowest BCUT2D eigenvalue weighted by molar-refractivity contribution is 0.0953. The third-order valence-electron chi connectivity index (χ3n) is 5.10. The minimum atomic E-state index is -0.346. The standard InChI is InChI=1S/C23H22N4O4/c1-14-20-18(26-27-22(28)15-8-10-17(30-2)11-9-15)6-3-7-19(20)31-21(14)23(29)25-16-5-4-12-24-13-16/h4-5,8-13H,3,6-7H2,1-2H3,(H,25,29)(H,27,28)/b26-18+. The minimum absolute atomic E-state index is 0.241. The molecule has 0 unspecified atom stereocenters. The Bertz CT molecular complexity index is 1130. The van der Waals surface area contributed by atoms with E-state index in [0.717, 1.165) is 12.0 Å². The van der Waals surface area contributed by atoms with E-state index in [9.17, 15) is 9.59 Å². The van der Waals surface area contributed by atoms with Crippen LogP contribution in [0.1, 0.15) is 50.6 Å². The Balaban J connectivity index is 1.54. The van der Waals surface area contributed by atoms with Crippen molar-refractivity contribution < 1.29 is 18.7 Å². The Hall–Kier alpha value is -3.94. The summed E-state index contributed by atoms with van der Waals surface area (Å²) in [7, 11) is 1.57. The molecule has 2 amide bonds. The first-order valence-corrected chi connectivity index (χ1v) is 9.91. The summed E-state index contributed by atoms with van der Waals surface area (Å²) in [6, 6.07) is 10.3. The Kier molecular flexibility index (Phi) is 5.79. The van der Waals surface area contributed by atoms with Gasteiger partial charge in [-0.2, -0.15) is 5.10 Å². The summed E-state index contributed by atoms with van der Waals surface area (Å²) < 4.78 is 11.0. The number of carbonyl (C=O) groups is 2. The molecule has 0 saturated heterocycles. The molecule has 1 aliphatic rings.